The summed E-state index contributed by atoms with van der Waals surface area (Å²) in [5.74, 6) is -0.276. The van der Waals surface area contributed by atoms with E-state index in [0.717, 1.165) is 6.20 Å². The Labute approximate surface area is 96.1 Å². The lowest BCUT2D eigenvalue weighted by atomic mass is 10.2. The molecule has 0 saturated heterocycles. The van der Waals surface area contributed by atoms with Crippen molar-refractivity contribution in [1.82, 2.24) is 9.71 Å². The number of rotatable bonds is 2. The first kappa shape index (κ1) is 10.9. The molecule has 0 saturated carbocycles. The van der Waals surface area contributed by atoms with Crippen molar-refractivity contribution >= 4 is 11.7 Å². The molecule has 6 nitrogen and oxygen atoms in total. The zero-order valence-corrected chi connectivity index (χ0v) is 8.70. The van der Waals surface area contributed by atoms with Gasteiger partial charge in [0.2, 0.25) is 0 Å². The molecule has 0 unspecified atom stereocenters. The number of hydrogen-bond acceptors (Lipinski definition) is 4. The molecule has 0 radical (unpaired) electrons. The van der Waals surface area contributed by atoms with Crippen LogP contribution in [0.25, 0.3) is 0 Å². The number of amides is 1. The number of aromatic nitrogens is 2. The van der Waals surface area contributed by atoms with Crippen LogP contribution >= 0.6 is 0 Å². The third-order valence-electron chi connectivity index (χ3n) is 2.06. The molecule has 1 aromatic heterocycles. The van der Waals surface area contributed by atoms with Gasteiger partial charge in [0.1, 0.15) is 5.82 Å². The molecule has 0 aliphatic carbocycles. The Bertz CT molecular complexity index is 592. The Morgan fingerprint density at radius 2 is 1.94 bits per heavy atom. The summed E-state index contributed by atoms with van der Waals surface area (Å²) in [6.45, 7) is 0. The van der Waals surface area contributed by atoms with Crippen LogP contribution in [0.1, 0.15) is 10.4 Å². The highest BCUT2D eigenvalue weighted by atomic mass is 16.5. The second-order valence-corrected chi connectivity index (χ2v) is 3.26. The van der Waals surface area contributed by atoms with Crippen LogP contribution in [-0.4, -0.2) is 20.8 Å². The van der Waals surface area contributed by atoms with Gasteiger partial charge >= 0.3 is 5.69 Å². The first-order chi connectivity index (χ1) is 8.16. The van der Waals surface area contributed by atoms with E-state index in [9.17, 15) is 9.59 Å². The number of carbonyl (C=O) groups excluding carboxylic acids is 1. The quantitative estimate of drug-likeness (QED) is 0.746. The Kier molecular flexibility index (Phi) is 2.87. The zero-order chi connectivity index (χ0) is 12.3. The van der Waals surface area contributed by atoms with Crippen molar-refractivity contribution < 1.29 is 10.0 Å². The molecule has 2 aromatic rings. The molecule has 0 atom stereocenters. The molecule has 1 heterocycles. The Hall–Kier alpha value is -2.63. The molecule has 0 spiro atoms. The largest absolute Gasteiger partial charge is 0.424 e. The molecule has 2 N–H and O–H groups in total. The molecule has 0 aliphatic heterocycles. The monoisotopic (exact) mass is 231 g/mol. The van der Waals surface area contributed by atoms with Gasteiger partial charge < -0.3 is 10.5 Å². The molecular formula is C11H9N3O3. The van der Waals surface area contributed by atoms with Crippen LogP contribution in [0, 0.1) is 0 Å². The predicted molar refractivity (Wildman–Crippen MR) is 60.1 cm³/mol. The summed E-state index contributed by atoms with van der Waals surface area (Å²) in [7, 11) is 0. The highest BCUT2D eigenvalue weighted by molar-refractivity contribution is 6.03. The smallest absolute Gasteiger partial charge is 0.382 e. The third kappa shape index (κ3) is 2.49. The normalized spacial score (nSPS) is 9.88. The molecular weight excluding hydrogens is 222 g/mol. The summed E-state index contributed by atoms with van der Waals surface area (Å²) in [4.78, 5) is 26.2. The van der Waals surface area contributed by atoms with Crippen LogP contribution in [0.5, 0.6) is 0 Å². The number of benzene rings is 1. The molecule has 17 heavy (non-hydrogen) atoms. The lowest BCUT2D eigenvalue weighted by Crippen LogP contribution is -2.23. The minimum atomic E-state index is -0.851. The van der Waals surface area contributed by atoms with E-state index in [0.29, 0.717) is 10.3 Å². The zero-order valence-electron chi connectivity index (χ0n) is 8.70. The van der Waals surface area contributed by atoms with Crippen molar-refractivity contribution in [2.24, 2.45) is 0 Å². The number of hydrogen-bond donors (Lipinski definition) is 2. The van der Waals surface area contributed by atoms with Crippen LogP contribution in [0.15, 0.2) is 47.4 Å². The minimum absolute atomic E-state index is 0.0918. The summed E-state index contributed by atoms with van der Waals surface area (Å²) in [6, 6.07) is 9.86. The summed E-state index contributed by atoms with van der Waals surface area (Å²) >= 11 is 0. The summed E-state index contributed by atoms with van der Waals surface area (Å²) in [6.07, 6.45) is 1.11. The van der Waals surface area contributed by atoms with Crippen molar-refractivity contribution in [1.29, 1.82) is 0 Å². The number of nitrogens with zero attached hydrogens (tertiary/aromatic N) is 2. The fraction of sp³-hybridized carbons (Fsp3) is 0. The van der Waals surface area contributed by atoms with Gasteiger partial charge in [-0.2, -0.15) is 4.98 Å². The third-order valence-corrected chi connectivity index (χ3v) is 2.06. The van der Waals surface area contributed by atoms with Gasteiger partial charge in [-0.25, -0.2) is 4.79 Å². The van der Waals surface area contributed by atoms with E-state index in [2.05, 4.69) is 10.3 Å². The van der Waals surface area contributed by atoms with Gasteiger partial charge in [0.15, 0.2) is 0 Å². The average Bonchev–Trinajstić information content (AvgIpc) is 2.35. The van der Waals surface area contributed by atoms with Crippen LogP contribution in [0.4, 0.5) is 5.82 Å². The molecule has 0 bridgehead atoms. The molecule has 0 aliphatic rings. The molecule has 1 amide bonds. The van der Waals surface area contributed by atoms with Crippen molar-refractivity contribution in [3.8, 4) is 0 Å². The topological polar surface area (TPSA) is 84.2 Å². The van der Waals surface area contributed by atoms with Gasteiger partial charge in [0, 0.05) is 11.6 Å². The van der Waals surface area contributed by atoms with E-state index in [1.165, 1.54) is 6.07 Å². The molecule has 6 heteroatoms. The Balaban J connectivity index is 2.19. The molecule has 2 rings (SSSR count). The minimum Gasteiger partial charge on any atom is -0.424 e. The Morgan fingerprint density at radius 1 is 1.24 bits per heavy atom. The fourth-order valence-electron chi connectivity index (χ4n) is 1.24. The lowest BCUT2D eigenvalue weighted by Gasteiger charge is -2.03. The van der Waals surface area contributed by atoms with Gasteiger partial charge in [-0.1, -0.05) is 18.2 Å². The number of anilines is 1. The van der Waals surface area contributed by atoms with E-state index in [1.807, 2.05) is 0 Å². The van der Waals surface area contributed by atoms with E-state index in [1.54, 1.807) is 30.3 Å². The number of nitrogens with one attached hydrogen (secondary N) is 1. The van der Waals surface area contributed by atoms with E-state index < -0.39 is 5.69 Å². The molecule has 86 valence electrons. The standard InChI is InChI=1S/C11H9N3O3/c15-10(8-4-2-1-3-5-8)12-9-6-7-14(17)11(16)13-9/h1-7,17H,(H,12,13,15,16). The summed E-state index contributed by atoms with van der Waals surface area (Å²) in [5, 5.41) is 11.4. The van der Waals surface area contributed by atoms with Crippen LogP contribution in [0.2, 0.25) is 0 Å². The summed E-state index contributed by atoms with van der Waals surface area (Å²) in [5.41, 5.74) is -0.390. The summed E-state index contributed by atoms with van der Waals surface area (Å²) < 4.78 is 0.332. The van der Waals surface area contributed by atoms with E-state index in [4.69, 9.17) is 5.21 Å². The fourth-order valence-corrected chi connectivity index (χ4v) is 1.24. The van der Waals surface area contributed by atoms with Crippen molar-refractivity contribution in [2.45, 2.75) is 0 Å². The highest BCUT2D eigenvalue weighted by Gasteiger charge is 2.06. The van der Waals surface area contributed by atoms with Crippen LogP contribution < -0.4 is 11.0 Å². The maximum Gasteiger partial charge on any atom is 0.382 e. The van der Waals surface area contributed by atoms with Crippen molar-refractivity contribution in [3.63, 3.8) is 0 Å². The van der Waals surface area contributed by atoms with Gasteiger partial charge in [0.05, 0.1) is 6.20 Å². The second-order valence-electron chi connectivity index (χ2n) is 3.26. The SMILES string of the molecule is O=C(Nc1ccn(O)c(=O)n1)c1ccccc1. The average molecular weight is 231 g/mol. The van der Waals surface area contributed by atoms with Crippen LogP contribution in [-0.2, 0) is 0 Å². The van der Waals surface area contributed by atoms with Crippen molar-refractivity contribution in [3.05, 3.63) is 58.6 Å². The highest BCUT2D eigenvalue weighted by Crippen LogP contribution is 2.03. The first-order valence-electron chi connectivity index (χ1n) is 4.82. The predicted octanol–water partition coefficient (Wildman–Crippen LogP) is 0.733. The lowest BCUT2D eigenvalue weighted by molar-refractivity contribution is 0.102. The Morgan fingerprint density at radius 3 is 2.59 bits per heavy atom. The van der Waals surface area contributed by atoms with Gasteiger partial charge in [-0.05, 0) is 12.1 Å². The van der Waals surface area contributed by atoms with Gasteiger partial charge in [-0.15, -0.1) is 4.73 Å². The first-order valence-corrected chi connectivity index (χ1v) is 4.82. The van der Waals surface area contributed by atoms with Crippen LogP contribution in [0.3, 0.4) is 0 Å². The van der Waals surface area contributed by atoms with E-state index >= 15 is 0 Å². The van der Waals surface area contributed by atoms with E-state index in [-0.39, 0.29) is 11.7 Å². The second kappa shape index (κ2) is 4.48. The number of carbonyl (C=O) groups is 1. The van der Waals surface area contributed by atoms with Gasteiger partial charge in [-0.3, -0.25) is 4.79 Å². The van der Waals surface area contributed by atoms with Gasteiger partial charge in [0.25, 0.3) is 5.91 Å². The van der Waals surface area contributed by atoms with Crippen molar-refractivity contribution in [2.75, 3.05) is 5.32 Å². The maximum atomic E-state index is 11.7. The molecule has 1 aromatic carbocycles. The maximum absolute atomic E-state index is 11.7. The molecule has 0 fully saturated rings.